The molecule has 86 valence electrons. The van der Waals surface area contributed by atoms with Crippen LogP contribution in [0, 0.1) is 0 Å². The Labute approximate surface area is 91.2 Å². The number of carbonyl (C=O) groups excluding carboxylic acids is 2. The molecule has 2 rings (SSSR count). The van der Waals surface area contributed by atoms with E-state index in [2.05, 4.69) is 5.32 Å². The molecule has 2 heterocycles. The summed E-state index contributed by atoms with van der Waals surface area (Å²) < 4.78 is 9.80. The second-order valence-corrected chi connectivity index (χ2v) is 3.52. The number of hydrogen-bond donors (Lipinski definition) is 2. The van der Waals surface area contributed by atoms with Crippen molar-refractivity contribution in [3.8, 4) is 0 Å². The molecule has 1 amide bonds. The molecule has 3 atom stereocenters. The average molecular weight is 225 g/mol. The van der Waals surface area contributed by atoms with Crippen molar-refractivity contribution in [2.75, 3.05) is 0 Å². The van der Waals surface area contributed by atoms with Crippen LogP contribution in [0.15, 0.2) is 22.8 Å². The lowest BCUT2D eigenvalue weighted by molar-refractivity contribution is -0.156. The second kappa shape index (κ2) is 3.97. The minimum Gasteiger partial charge on any atom is -0.467 e. The van der Waals surface area contributed by atoms with Crippen molar-refractivity contribution in [2.24, 2.45) is 0 Å². The Balaban J connectivity index is 2.16. The number of carbonyl (C=O) groups is 2. The number of nitrogens with one attached hydrogen (secondary N) is 1. The molecule has 6 heteroatoms. The maximum absolute atomic E-state index is 11.4. The number of aliphatic hydroxyl groups is 1. The zero-order valence-corrected chi connectivity index (χ0v) is 8.54. The molecule has 6 nitrogen and oxygen atoms in total. The highest BCUT2D eigenvalue weighted by Crippen LogP contribution is 2.26. The lowest BCUT2D eigenvalue weighted by atomic mass is 10.1. The predicted molar refractivity (Wildman–Crippen MR) is 51.2 cm³/mol. The molecule has 16 heavy (non-hydrogen) atoms. The largest absolute Gasteiger partial charge is 0.467 e. The van der Waals surface area contributed by atoms with Gasteiger partial charge in [0, 0.05) is 6.92 Å². The van der Waals surface area contributed by atoms with Crippen LogP contribution in [-0.2, 0) is 14.3 Å². The Bertz CT molecular complexity index is 399. The van der Waals surface area contributed by atoms with Gasteiger partial charge in [-0.1, -0.05) is 0 Å². The maximum Gasteiger partial charge on any atom is 0.303 e. The van der Waals surface area contributed by atoms with E-state index < -0.39 is 30.1 Å². The summed E-state index contributed by atoms with van der Waals surface area (Å²) >= 11 is 0. The molecule has 0 bridgehead atoms. The summed E-state index contributed by atoms with van der Waals surface area (Å²) in [7, 11) is 0. The van der Waals surface area contributed by atoms with E-state index in [1.165, 1.54) is 13.2 Å². The van der Waals surface area contributed by atoms with Gasteiger partial charge in [0.05, 0.1) is 6.26 Å². The van der Waals surface area contributed by atoms with Gasteiger partial charge in [-0.25, -0.2) is 0 Å². The van der Waals surface area contributed by atoms with Crippen LogP contribution in [0.3, 0.4) is 0 Å². The number of furan rings is 1. The van der Waals surface area contributed by atoms with Crippen molar-refractivity contribution in [3.63, 3.8) is 0 Å². The number of ether oxygens (including phenoxy) is 1. The third-order valence-corrected chi connectivity index (χ3v) is 2.35. The normalized spacial score (nSPS) is 28.9. The molecular formula is C10H11NO5. The molecule has 1 fully saturated rings. The number of aliphatic hydroxyl groups excluding tert-OH is 1. The quantitative estimate of drug-likeness (QED) is 0.677. The fourth-order valence-electron chi connectivity index (χ4n) is 1.66. The molecule has 1 aliphatic heterocycles. The number of rotatable bonds is 2. The van der Waals surface area contributed by atoms with Gasteiger partial charge in [-0.05, 0) is 12.1 Å². The molecule has 0 radical (unpaired) electrons. The van der Waals surface area contributed by atoms with Crippen molar-refractivity contribution >= 4 is 11.9 Å². The molecular weight excluding hydrogens is 214 g/mol. The van der Waals surface area contributed by atoms with Crippen molar-refractivity contribution in [3.05, 3.63) is 24.2 Å². The minimum absolute atomic E-state index is 0.426. The van der Waals surface area contributed by atoms with Crippen molar-refractivity contribution in [1.82, 2.24) is 5.32 Å². The van der Waals surface area contributed by atoms with Crippen LogP contribution >= 0.6 is 0 Å². The van der Waals surface area contributed by atoms with E-state index in [1.807, 2.05) is 0 Å². The van der Waals surface area contributed by atoms with Crippen LogP contribution in [-0.4, -0.2) is 29.2 Å². The van der Waals surface area contributed by atoms with Crippen LogP contribution in [0.2, 0.25) is 0 Å². The van der Waals surface area contributed by atoms with Gasteiger partial charge in [0.2, 0.25) is 6.10 Å². The van der Waals surface area contributed by atoms with Gasteiger partial charge in [-0.2, -0.15) is 0 Å². The smallest absolute Gasteiger partial charge is 0.303 e. The number of esters is 1. The van der Waals surface area contributed by atoms with E-state index in [-0.39, 0.29) is 0 Å². The summed E-state index contributed by atoms with van der Waals surface area (Å²) in [5.41, 5.74) is 0. The summed E-state index contributed by atoms with van der Waals surface area (Å²) in [6.07, 6.45) is -0.872. The fraction of sp³-hybridized carbons (Fsp3) is 0.400. The van der Waals surface area contributed by atoms with Crippen molar-refractivity contribution < 1.29 is 23.8 Å². The molecule has 1 aliphatic rings. The molecule has 3 unspecified atom stereocenters. The highest BCUT2D eigenvalue weighted by atomic mass is 16.6. The Kier molecular flexibility index (Phi) is 2.66. The summed E-state index contributed by atoms with van der Waals surface area (Å²) in [6.45, 7) is 1.18. The van der Waals surface area contributed by atoms with E-state index in [9.17, 15) is 14.7 Å². The van der Waals surface area contributed by atoms with Gasteiger partial charge >= 0.3 is 5.97 Å². The molecule has 1 saturated heterocycles. The Hall–Kier alpha value is -1.82. The van der Waals surface area contributed by atoms with Gasteiger partial charge in [0.25, 0.3) is 5.91 Å². The summed E-state index contributed by atoms with van der Waals surface area (Å²) in [5, 5.41) is 12.3. The number of amides is 1. The van der Waals surface area contributed by atoms with Gasteiger partial charge in [0.1, 0.15) is 17.9 Å². The van der Waals surface area contributed by atoms with Crippen LogP contribution in [0.5, 0.6) is 0 Å². The minimum atomic E-state index is -1.17. The summed E-state index contributed by atoms with van der Waals surface area (Å²) in [6, 6.07) is 2.60. The zero-order valence-electron chi connectivity index (χ0n) is 8.54. The molecule has 1 aromatic heterocycles. The molecule has 0 aromatic carbocycles. The predicted octanol–water partition coefficient (Wildman–Crippen LogP) is -0.257. The lowest BCUT2D eigenvalue weighted by Gasteiger charge is -2.14. The van der Waals surface area contributed by atoms with Crippen LogP contribution in [0.25, 0.3) is 0 Å². The first kappa shape index (κ1) is 10.7. The third-order valence-electron chi connectivity index (χ3n) is 2.35. The SMILES string of the molecule is CC(=O)OC1C(=O)NC(c2ccco2)C1O. The van der Waals surface area contributed by atoms with E-state index >= 15 is 0 Å². The lowest BCUT2D eigenvalue weighted by Crippen LogP contribution is -2.32. The van der Waals surface area contributed by atoms with Crippen LogP contribution in [0.1, 0.15) is 18.7 Å². The van der Waals surface area contributed by atoms with Crippen LogP contribution < -0.4 is 5.32 Å². The van der Waals surface area contributed by atoms with Crippen molar-refractivity contribution in [1.29, 1.82) is 0 Å². The van der Waals surface area contributed by atoms with Crippen molar-refractivity contribution in [2.45, 2.75) is 25.2 Å². The topological polar surface area (TPSA) is 88.8 Å². The first-order valence-corrected chi connectivity index (χ1v) is 4.78. The van der Waals surface area contributed by atoms with E-state index in [4.69, 9.17) is 9.15 Å². The summed E-state index contributed by atoms with van der Waals surface area (Å²) in [4.78, 5) is 22.2. The molecule has 0 saturated carbocycles. The second-order valence-electron chi connectivity index (χ2n) is 3.52. The first-order valence-electron chi connectivity index (χ1n) is 4.78. The van der Waals surface area contributed by atoms with Gasteiger partial charge in [0.15, 0.2) is 0 Å². The summed E-state index contributed by atoms with van der Waals surface area (Å²) in [5.74, 6) is -0.709. The van der Waals surface area contributed by atoms with Gasteiger partial charge in [-0.15, -0.1) is 0 Å². The first-order chi connectivity index (χ1) is 7.59. The third kappa shape index (κ3) is 1.79. The van der Waals surface area contributed by atoms with E-state index in [0.717, 1.165) is 0 Å². The number of hydrogen-bond acceptors (Lipinski definition) is 5. The molecule has 1 aromatic rings. The molecule has 2 N–H and O–H groups in total. The monoisotopic (exact) mass is 225 g/mol. The highest BCUT2D eigenvalue weighted by Gasteiger charge is 2.45. The van der Waals surface area contributed by atoms with Gasteiger partial charge < -0.3 is 19.6 Å². The average Bonchev–Trinajstić information content (AvgIpc) is 2.80. The standard InChI is InChI=1S/C10H11NO5/c1-5(12)16-9-8(13)7(11-10(9)14)6-3-2-4-15-6/h2-4,7-9,13H,1H3,(H,11,14). The molecule has 0 spiro atoms. The van der Waals surface area contributed by atoms with Gasteiger partial charge in [-0.3, -0.25) is 9.59 Å². The van der Waals surface area contributed by atoms with Crippen LogP contribution in [0.4, 0.5) is 0 Å². The molecule has 0 aliphatic carbocycles. The van der Waals surface area contributed by atoms with E-state index in [1.54, 1.807) is 12.1 Å². The fourth-order valence-corrected chi connectivity index (χ4v) is 1.66. The Morgan fingerprint density at radius 2 is 2.38 bits per heavy atom. The maximum atomic E-state index is 11.4. The zero-order chi connectivity index (χ0) is 11.7. The highest BCUT2D eigenvalue weighted by molar-refractivity contribution is 5.86. The Morgan fingerprint density at radius 3 is 2.94 bits per heavy atom. The van der Waals surface area contributed by atoms with E-state index in [0.29, 0.717) is 5.76 Å². The Morgan fingerprint density at radius 1 is 1.62 bits per heavy atom.